The van der Waals surface area contributed by atoms with Gasteiger partial charge in [-0.05, 0) is 32.9 Å². The highest BCUT2D eigenvalue weighted by atomic mass is 16.5. The van der Waals surface area contributed by atoms with Crippen molar-refractivity contribution in [2.45, 2.75) is 20.8 Å². The number of rotatable bonds is 9. The van der Waals surface area contributed by atoms with Crippen LogP contribution >= 0.6 is 0 Å². The molecule has 0 radical (unpaired) electrons. The van der Waals surface area contributed by atoms with Crippen LogP contribution in [0.1, 0.15) is 20.8 Å². The van der Waals surface area contributed by atoms with Gasteiger partial charge < -0.3 is 20.5 Å². The molecule has 0 heterocycles. The van der Waals surface area contributed by atoms with Gasteiger partial charge in [-0.3, -0.25) is 4.79 Å². The second-order valence-corrected chi connectivity index (χ2v) is 5.15. The van der Waals surface area contributed by atoms with Crippen LogP contribution in [-0.2, 0) is 4.79 Å². The molecule has 0 aliphatic rings. The molecule has 5 nitrogen and oxygen atoms in total. The van der Waals surface area contributed by atoms with Crippen molar-refractivity contribution in [2.75, 3.05) is 26.3 Å². The lowest BCUT2D eigenvalue weighted by Gasteiger charge is -2.20. The number of benzene rings is 1. The Morgan fingerprint density at radius 1 is 1.25 bits per heavy atom. The van der Waals surface area contributed by atoms with E-state index in [9.17, 15) is 4.79 Å². The van der Waals surface area contributed by atoms with Crippen LogP contribution in [0.4, 0.5) is 0 Å². The van der Waals surface area contributed by atoms with Crippen molar-refractivity contribution in [1.82, 2.24) is 5.32 Å². The molecule has 5 heteroatoms. The third-order valence-corrected chi connectivity index (χ3v) is 2.92. The van der Waals surface area contributed by atoms with Crippen LogP contribution in [0.5, 0.6) is 11.5 Å². The van der Waals surface area contributed by atoms with Gasteiger partial charge >= 0.3 is 0 Å². The van der Waals surface area contributed by atoms with Crippen LogP contribution < -0.4 is 20.5 Å². The molecule has 0 aromatic heterocycles. The first-order valence-corrected chi connectivity index (χ1v) is 6.82. The predicted octanol–water partition coefficient (Wildman–Crippen LogP) is 1.57. The van der Waals surface area contributed by atoms with E-state index >= 15 is 0 Å². The van der Waals surface area contributed by atoms with E-state index in [1.54, 1.807) is 0 Å². The molecular formula is C15H24N2O3. The van der Waals surface area contributed by atoms with Crippen molar-refractivity contribution >= 4 is 5.91 Å². The van der Waals surface area contributed by atoms with Crippen LogP contribution in [-0.4, -0.2) is 32.2 Å². The van der Waals surface area contributed by atoms with Gasteiger partial charge in [0.05, 0.1) is 12.0 Å². The smallest absolute Gasteiger partial charge is 0.224 e. The first kappa shape index (κ1) is 16.3. The number of ether oxygens (including phenoxy) is 2. The summed E-state index contributed by atoms with van der Waals surface area (Å²) < 4.78 is 11.1. The van der Waals surface area contributed by atoms with E-state index in [1.165, 1.54) is 0 Å². The maximum atomic E-state index is 11.2. The third kappa shape index (κ3) is 5.09. The summed E-state index contributed by atoms with van der Waals surface area (Å²) in [6.07, 6.45) is 0. The van der Waals surface area contributed by atoms with Gasteiger partial charge in [-0.2, -0.15) is 0 Å². The number of carbonyl (C=O) groups excluding carboxylic acids is 1. The van der Waals surface area contributed by atoms with Gasteiger partial charge in [-0.25, -0.2) is 0 Å². The molecule has 1 rings (SSSR count). The average Bonchev–Trinajstić information content (AvgIpc) is 2.40. The average molecular weight is 280 g/mol. The van der Waals surface area contributed by atoms with E-state index in [2.05, 4.69) is 5.32 Å². The Morgan fingerprint density at radius 2 is 1.85 bits per heavy atom. The number of amides is 1. The zero-order valence-electron chi connectivity index (χ0n) is 12.4. The quantitative estimate of drug-likeness (QED) is 0.673. The summed E-state index contributed by atoms with van der Waals surface area (Å²) in [6.45, 7) is 7.83. The van der Waals surface area contributed by atoms with E-state index in [1.807, 2.05) is 45.0 Å². The highest BCUT2D eigenvalue weighted by Crippen LogP contribution is 2.26. The van der Waals surface area contributed by atoms with Crippen LogP contribution in [0.3, 0.4) is 0 Å². The zero-order chi connectivity index (χ0) is 15.0. The van der Waals surface area contributed by atoms with Gasteiger partial charge in [0.15, 0.2) is 11.5 Å². The van der Waals surface area contributed by atoms with Crippen LogP contribution in [0.15, 0.2) is 24.3 Å². The Balaban J connectivity index is 2.33. The standard InChI is InChI=1S/C15H24N2O3/c1-4-19-12-7-5-6-8-13(12)20-10-9-17-11-15(2,3)14(16)18/h5-8,17H,4,9-11H2,1-3H3,(H2,16,18). The van der Waals surface area contributed by atoms with Crippen molar-refractivity contribution in [1.29, 1.82) is 0 Å². The van der Waals surface area contributed by atoms with E-state index in [0.717, 1.165) is 11.5 Å². The SMILES string of the molecule is CCOc1ccccc1OCCNCC(C)(C)C(N)=O. The van der Waals surface area contributed by atoms with Gasteiger partial charge in [-0.1, -0.05) is 12.1 Å². The topological polar surface area (TPSA) is 73.6 Å². The summed E-state index contributed by atoms with van der Waals surface area (Å²) in [5, 5.41) is 3.16. The molecule has 0 saturated heterocycles. The summed E-state index contributed by atoms with van der Waals surface area (Å²) in [7, 11) is 0. The van der Waals surface area contributed by atoms with Crippen molar-refractivity contribution in [3.05, 3.63) is 24.3 Å². The van der Waals surface area contributed by atoms with E-state index < -0.39 is 5.41 Å². The Hall–Kier alpha value is -1.75. The predicted molar refractivity (Wildman–Crippen MR) is 79.0 cm³/mol. The minimum Gasteiger partial charge on any atom is -0.490 e. The van der Waals surface area contributed by atoms with E-state index in [0.29, 0.717) is 26.3 Å². The monoisotopic (exact) mass is 280 g/mol. The Bertz CT molecular complexity index is 433. The van der Waals surface area contributed by atoms with Gasteiger partial charge in [0.25, 0.3) is 0 Å². The van der Waals surface area contributed by atoms with Crippen molar-refractivity contribution in [3.8, 4) is 11.5 Å². The summed E-state index contributed by atoms with van der Waals surface area (Å²) in [5.41, 5.74) is 4.75. The highest BCUT2D eigenvalue weighted by Gasteiger charge is 2.23. The Labute approximate surface area is 120 Å². The van der Waals surface area contributed by atoms with E-state index in [4.69, 9.17) is 15.2 Å². The molecular weight excluding hydrogens is 256 g/mol. The molecule has 1 aromatic rings. The molecule has 0 spiro atoms. The maximum absolute atomic E-state index is 11.2. The van der Waals surface area contributed by atoms with Crippen LogP contribution in [0.25, 0.3) is 0 Å². The first-order valence-electron chi connectivity index (χ1n) is 6.82. The van der Waals surface area contributed by atoms with Crippen LogP contribution in [0.2, 0.25) is 0 Å². The number of nitrogens with two attached hydrogens (primary N) is 1. The lowest BCUT2D eigenvalue weighted by Crippen LogP contribution is -2.41. The largest absolute Gasteiger partial charge is 0.490 e. The Morgan fingerprint density at radius 3 is 2.40 bits per heavy atom. The first-order chi connectivity index (χ1) is 9.47. The number of primary amides is 1. The third-order valence-electron chi connectivity index (χ3n) is 2.92. The molecule has 0 aliphatic heterocycles. The van der Waals surface area contributed by atoms with Crippen molar-refractivity contribution < 1.29 is 14.3 Å². The van der Waals surface area contributed by atoms with Gasteiger partial charge in [0.2, 0.25) is 5.91 Å². The molecule has 20 heavy (non-hydrogen) atoms. The highest BCUT2D eigenvalue weighted by molar-refractivity contribution is 5.80. The molecule has 1 aromatic carbocycles. The Kier molecular flexibility index (Phi) is 6.31. The van der Waals surface area contributed by atoms with Gasteiger partial charge in [0.1, 0.15) is 6.61 Å². The number of nitrogens with one attached hydrogen (secondary N) is 1. The van der Waals surface area contributed by atoms with E-state index in [-0.39, 0.29) is 5.91 Å². The second-order valence-electron chi connectivity index (χ2n) is 5.15. The summed E-state index contributed by atoms with van der Waals surface area (Å²) in [5.74, 6) is 1.16. The number of carbonyl (C=O) groups is 1. The molecule has 3 N–H and O–H groups in total. The molecule has 0 atom stereocenters. The minimum absolute atomic E-state index is 0.312. The number of para-hydroxylation sites is 2. The number of hydrogen-bond acceptors (Lipinski definition) is 4. The lowest BCUT2D eigenvalue weighted by molar-refractivity contribution is -0.125. The van der Waals surface area contributed by atoms with Crippen molar-refractivity contribution in [3.63, 3.8) is 0 Å². The summed E-state index contributed by atoms with van der Waals surface area (Å²) in [4.78, 5) is 11.2. The van der Waals surface area contributed by atoms with Gasteiger partial charge in [0, 0.05) is 13.1 Å². The summed E-state index contributed by atoms with van der Waals surface area (Å²) in [6, 6.07) is 7.56. The zero-order valence-corrected chi connectivity index (χ0v) is 12.4. The minimum atomic E-state index is -0.552. The summed E-state index contributed by atoms with van der Waals surface area (Å²) >= 11 is 0. The molecule has 0 saturated carbocycles. The maximum Gasteiger partial charge on any atom is 0.224 e. The fourth-order valence-corrected chi connectivity index (χ4v) is 1.57. The fourth-order valence-electron chi connectivity index (χ4n) is 1.57. The van der Waals surface area contributed by atoms with Crippen LogP contribution in [0, 0.1) is 5.41 Å². The second kappa shape index (κ2) is 7.75. The van der Waals surface area contributed by atoms with Gasteiger partial charge in [-0.15, -0.1) is 0 Å². The molecule has 1 amide bonds. The number of hydrogen-bond donors (Lipinski definition) is 2. The molecule has 112 valence electrons. The molecule has 0 fully saturated rings. The fraction of sp³-hybridized carbons (Fsp3) is 0.533. The molecule has 0 unspecified atom stereocenters. The lowest BCUT2D eigenvalue weighted by atomic mass is 9.93. The molecule has 0 bridgehead atoms. The van der Waals surface area contributed by atoms with Crippen molar-refractivity contribution in [2.24, 2.45) is 11.1 Å². The normalized spacial score (nSPS) is 11.2. The molecule has 0 aliphatic carbocycles.